The Morgan fingerprint density at radius 1 is 0.600 bits per heavy atom. The minimum atomic E-state index is -0.574. The van der Waals surface area contributed by atoms with Crippen LogP contribution < -0.4 is 21.2 Å². The molecule has 178 valence electrons. The summed E-state index contributed by atoms with van der Waals surface area (Å²) >= 11 is 0. The van der Waals surface area contributed by atoms with Crippen LogP contribution in [0.1, 0.15) is 26.2 Å². The second kappa shape index (κ2) is 11.6. The normalized spacial score (nSPS) is 18.9. The molecule has 0 radical (unpaired) electrons. The fraction of sp³-hybridized carbons (Fsp3) is 0.250. The molecule has 0 N–H and O–H groups in total. The van der Waals surface area contributed by atoms with Crippen LogP contribution in [-0.4, -0.2) is 23.4 Å². The summed E-state index contributed by atoms with van der Waals surface area (Å²) in [6.07, 6.45) is 3.98. The van der Waals surface area contributed by atoms with Gasteiger partial charge in [-0.2, -0.15) is 0 Å². The highest BCUT2D eigenvalue weighted by Gasteiger charge is 2.40. The Balaban J connectivity index is 1.49. The van der Waals surface area contributed by atoms with E-state index in [1.165, 1.54) is 40.5 Å². The Kier molecular flexibility index (Phi) is 8.10. The largest absolute Gasteiger partial charge is 0.275 e. The number of benzene rings is 4. The van der Waals surface area contributed by atoms with Crippen molar-refractivity contribution in [2.75, 3.05) is 7.05 Å². The molecule has 1 fully saturated rings. The van der Waals surface area contributed by atoms with Gasteiger partial charge in [-0.1, -0.05) is 128 Å². The predicted octanol–water partition coefficient (Wildman–Crippen LogP) is 6.66. The number of hydrogen-bond acceptors (Lipinski definition) is 1. The Bertz CT molecular complexity index is 1090. The first-order chi connectivity index (χ1) is 17.2. The molecule has 4 aromatic rings. The first-order valence-electron chi connectivity index (χ1n) is 12.8. The van der Waals surface area contributed by atoms with E-state index in [-0.39, 0.29) is 0 Å². The molecule has 2 unspecified atom stereocenters. The van der Waals surface area contributed by atoms with Crippen molar-refractivity contribution in [1.29, 1.82) is 0 Å². The predicted molar refractivity (Wildman–Crippen MR) is 156 cm³/mol. The van der Waals surface area contributed by atoms with Crippen LogP contribution in [0, 0.1) is 5.92 Å². The van der Waals surface area contributed by atoms with Crippen LogP contribution in [0.3, 0.4) is 0 Å². The van der Waals surface area contributed by atoms with Crippen LogP contribution in [0.15, 0.2) is 121 Å². The molecule has 4 aromatic carbocycles. The van der Waals surface area contributed by atoms with Crippen molar-refractivity contribution in [2.24, 2.45) is 5.92 Å². The highest BCUT2D eigenvalue weighted by molar-refractivity contribution is 7.73. The summed E-state index contributed by atoms with van der Waals surface area (Å²) < 4.78 is 2.71. The molecule has 5 rings (SSSR count). The maximum atomic E-state index is 2.71. The smallest absolute Gasteiger partial charge is 0.0281 e. The maximum absolute atomic E-state index is 2.71. The van der Waals surface area contributed by atoms with E-state index in [1.807, 2.05) is 0 Å². The Morgan fingerprint density at radius 2 is 1.00 bits per heavy atom. The molecule has 1 nitrogen and oxygen atoms in total. The van der Waals surface area contributed by atoms with Crippen molar-refractivity contribution in [1.82, 2.24) is 4.67 Å². The third-order valence-electron chi connectivity index (χ3n) is 7.46. The van der Waals surface area contributed by atoms with E-state index in [9.17, 15) is 0 Å². The lowest BCUT2D eigenvalue weighted by Gasteiger charge is -2.40. The van der Waals surface area contributed by atoms with Gasteiger partial charge in [0.25, 0.3) is 0 Å². The quantitative estimate of drug-likeness (QED) is 0.247. The fourth-order valence-electron chi connectivity index (χ4n) is 5.67. The maximum Gasteiger partial charge on any atom is 0.0281 e. The van der Waals surface area contributed by atoms with Crippen molar-refractivity contribution in [2.45, 2.75) is 37.9 Å². The minimum Gasteiger partial charge on any atom is -0.275 e. The molecule has 0 aliphatic heterocycles. The molecule has 0 aromatic heterocycles. The molecule has 0 amide bonds. The Morgan fingerprint density at radius 3 is 1.43 bits per heavy atom. The molecule has 0 saturated heterocycles. The van der Waals surface area contributed by atoms with Crippen LogP contribution in [0.25, 0.3) is 0 Å². The minimum absolute atomic E-state index is 0.396. The monoisotopic (exact) mass is 495 g/mol. The van der Waals surface area contributed by atoms with E-state index in [0.717, 1.165) is 0 Å². The summed E-state index contributed by atoms with van der Waals surface area (Å²) in [6, 6.07) is 45.4. The van der Waals surface area contributed by atoms with Gasteiger partial charge in [-0.3, -0.25) is 4.67 Å². The van der Waals surface area contributed by atoms with Crippen LogP contribution in [-0.2, 0) is 0 Å². The van der Waals surface area contributed by atoms with Gasteiger partial charge in [0.15, 0.2) is 0 Å². The van der Waals surface area contributed by atoms with Gasteiger partial charge in [0.05, 0.1) is 0 Å². The standard InChI is InChI=1S/C32H35NP2/c1-26(33(2)35(29-20-11-5-12-21-29)30-22-13-6-14-23-30)31-24-15-25-32(31)34(27-16-7-3-8-17-27)28-18-9-4-10-19-28/h3-14,16-23,26,31-32H,15,24-25H2,1-2H3/t26-,31?,32?/m1/s1. The topological polar surface area (TPSA) is 3.24 Å². The average molecular weight is 496 g/mol. The summed E-state index contributed by atoms with van der Waals surface area (Å²) in [5, 5.41) is 5.92. The Hall–Kier alpha value is -2.30. The summed E-state index contributed by atoms with van der Waals surface area (Å²) in [7, 11) is 1.40. The molecule has 1 aliphatic carbocycles. The van der Waals surface area contributed by atoms with E-state index >= 15 is 0 Å². The van der Waals surface area contributed by atoms with Crippen molar-refractivity contribution in [3.05, 3.63) is 121 Å². The number of rotatable bonds is 8. The highest BCUT2D eigenvalue weighted by atomic mass is 31.1. The van der Waals surface area contributed by atoms with Gasteiger partial charge in [-0.05, 0) is 67.5 Å². The third-order valence-corrected chi connectivity index (χ3v) is 13.0. The van der Waals surface area contributed by atoms with Gasteiger partial charge >= 0.3 is 0 Å². The second-order valence-electron chi connectivity index (χ2n) is 9.50. The van der Waals surface area contributed by atoms with Crippen LogP contribution in [0.5, 0.6) is 0 Å². The zero-order valence-electron chi connectivity index (χ0n) is 20.7. The van der Waals surface area contributed by atoms with Crippen LogP contribution in [0.4, 0.5) is 0 Å². The SMILES string of the molecule is C[C@H](C1CCCC1P(c1ccccc1)c1ccccc1)N(C)P(c1ccccc1)c1ccccc1. The number of nitrogens with zero attached hydrogens (tertiary/aromatic N) is 1. The van der Waals surface area contributed by atoms with Gasteiger partial charge in [0, 0.05) is 14.1 Å². The first kappa shape index (κ1) is 24.4. The molecular weight excluding hydrogens is 460 g/mol. The lowest BCUT2D eigenvalue weighted by atomic mass is 10.00. The van der Waals surface area contributed by atoms with E-state index in [4.69, 9.17) is 0 Å². The average Bonchev–Trinajstić information content (AvgIpc) is 3.40. The van der Waals surface area contributed by atoms with Gasteiger partial charge < -0.3 is 0 Å². The molecule has 1 aliphatic rings. The van der Waals surface area contributed by atoms with Gasteiger partial charge in [-0.15, -0.1) is 0 Å². The van der Waals surface area contributed by atoms with Crippen molar-refractivity contribution in [3.8, 4) is 0 Å². The lowest BCUT2D eigenvalue weighted by Crippen LogP contribution is -2.40. The van der Waals surface area contributed by atoms with Crippen LogP contribution >= 0.6 is 16.0 Å². The molecule has 35 heavy (non-hydrogen) atoms. The molecule has 0 spiro atoms. The van der Waals surface area contributed by atoms with E-state index in [2.05, 4.69) is 140 Å². The number of hydrogen-bond donors (Lipinski definition) is 0. The van der Waals surface area contributed by atoms with E-state index < -0.39 is 16.0 Å². The summed E-state index contributed by atoms with van der Waals surface area (Å²) in [6.45, 7) is 2.49. The van der Waals surface area contributed by atoms with Gasteiger partial charge in [-0.25, -0.2) is 0 Å². The van der Waals surface area contributed by atoms with Gasteiger partial charge in [0.2, 0.25) is 0 Å². The third kappa shape index (κ3) is 5.44. The zero-order valence-corrected chi connectivity index (χ0v) is 22.5. The fourth-order valence-corrected chi connectivity index (χ4v) is 11.4. The molecule has 3 atom stereocenters. The van der Waals surface area contributed by atoms with Crippen molar-refractivity contribution >= 4 is 37.2 Å². The van der Waals surface area contributed by atoms with Crippen molar-refractivity contribution < 1.29 is 0 Å². The summed E-state index contributed by atoms with van der Waals surface area (Å²) in [4.78, 5) is 0. The van der Waals surface area contributed by atoms with E-state index in [1.54, 1.807) is 0 Å². The zero-order chi connectivity index (χ0) is 24.0. The van der Waals surface area contributed by atoms with Crippen LogP contribution in [0.2, 0.25) is 0 Å². The summed E-state index contributed by atoms with van der Waals surface area (Å²) in [5.41, 5.74) is 0.704. The van der Waals surface area contributed by atoms with Gasteiger partial charge in [0.1, 0.15) is 0 Å². The Labute approximate surface area is 213 Å². The molecule has 0 bridgehead atoms. The molecular formula is C32H35NP2. The first-order valence-corrected chi connectivity index (χ1v) is 15.5. The lowest BCUT2D eigenvalue weighted by molar-refractivity contribution is 0.308. The highest BCUT2D eigenvalue weighted by Crippen LogP contribution is 2.53. The molecule has 0 heterocycles. The summed E-state index contributed by atoms with van der Waals surface area (Å²) in [5.74, 6) is 0.684. The molecule has 1 saturated carbocycles. The second-order valence-corrected chi connectivity index (χ2v) is 14.2. The van der Waals surface area contributed by atoms with E-state index in [0.29, 0.717) is 17.6 Å². The molecule has 3 heteroatoms. The van der Waals surface area contributed by atoms with Crippen molar-refractivity contribution in [3.63, 3.8) is 0 Å².